The zero-order valence-corrected chi connectivity index (χ0v) is 11.8. The van der Waals surface area contributed by atoms with Gasteiger partial charge in [0.25, 0.3) is 5.91 Å². The summed E-state index contributed by atoms with van der Waals surface area (Å²) in [6.07, 6.45) is -1.24. The van der Waals surface area contributed by atoms with E-state index < -0.39 is 29.6 Å². The number of amides is 2. The number of carbonyl (C=O) groups excluding carboxylic acids is 2. The molecule has 0 unspecified atom stereocenters. The van der Waals surface area contributed by atoms with Gasteiger partial charge in [-0.3, -0.25) is 9.59 Å². The molecule has 0 bridgehead atoms. The minimum Gasteiger partial charge on any atom is -0.478 e. The molecule has 7 heteroatoms. The Kier molecular flexibility index (Phi) is 3.92. The number of halogens is 2. The summed E-state index contributed by atoms with van der Waals surface area (Å²) >= 11 is 0. The molecule has 1 aliphatic heterocycles. The minimum absolute atomic E-state index is 0.102. The Morgan fingerprint density at radius 1 is 1.17 bits per heavy atom. The molecule has 1 aliphatic rings. The van der Waals surface area contributed by atoms with Gasteiger partial charge in [0.15, 0.2) is 17.7 Å². The number of rotatable bonds is 3. The maximum atomic E-state index is 13.1. The Hall–Kier alpha value is -2.96. The molecule has 0 aliphatic carbocycles. The fourth-order valence-electron chi connectivity index (χ4n) is 2.18. The summed E-state index contributed by atoms with van der Waals surface area (Å²) in [5, 5.41) is 5.04. The molecule has 3 rings (SSSR count). The number of nitrogens with one attached hydrogen (secondary N) is 2. The second-order valence-electron chi connectivity index (χ2n) is 4.97. The van der Waals surface area contributed by atoms with Gasteiger partial charge >= 0.3 is 0 Å². The van der Waals surface area contributed by atoms with Crippen molar-refractivity contribution in [1.29, 1.82) is 0 Å². The van der Waals surface area contributed by atoms with Crippen molar-refractivity contribution in [3.8, 4) is 5.75 Å². The highest BCUT2D eigenvalue weighted by atomic mass is 19.2. The third-order valence-electron chi connectivity index (χ3n) is 3.28. The SMILES string of the molecule is O=C(C[C@@H]1Oc2ccccc2NC1=O)Nc1ccc(F)c(F)c1. The number of carbonyl (C=O) groups is 2. The largest absolute Gasteiger partial charge is 0.478 e. The number of hydrogen-bond acceptors (Lipinski definition) is 3. The van der Waals surface area contributed by atoms with E-state index in [1.54, 1.807) is 24.3 Å². The molecule has 118 valence electrons. The second-order valence-corrected chi connectivity index (χ2v) is 4.97. The standard InChI is InChI=1S/C16H12F2N2O3/c17-10-6-5-9(7-11(10)18)19-15(21)8-14-16(22)20-12-3-1-2-4-13(12)23-14/h1-7,14H,8H2,(H,19,21)(H,20,22)/t14-/m0/s1. The van der Waals surface area contributed by atoms with Crippen molar-refractivity contribution in [1.82, 2.24) is 0 Å². The monoisotopic (exact) mass is 318 g/mol. The molecule has 0 saturated heterocycles. The van der Waals surface area contributed by atoms with Crippen LogP contribution in [0.15, 0.2) is 42.5 Å². The number of fused-ring (bicyclic) bond motifs is 1. The summed E-state index contributed by atoms with van der Waals surface area (Å²) in [7, 11) is 0. The fraction of sp³-hybridized carbons (Fsp3) is 0.125. The van der Waals surface area contributed by atoms with Crippen molar-refractivity contribution in [2.45, 2.75) is 12.5 Å². The van der Waals surface area contributed by atoms with Crippen molar-refractivity contribution in [2.24, 2.45) is 0 Å². The van der Waals surface area contributed by atoms with Crippen LogP contribution in [0.2, 0.25) is 0 Å². The lowest BCUT2D eigenvalue weighted by molar-refractivity contribution is -0.128. The summed E-state index contributed by atoms with van der Waals surface area (Å²) in [4.78, 5) is 23.9. The van der Waals surface area contributed by atoms with Crippen molar-refractivity contribution < 1.29 is 23.1 Å². The van der Waals surface area contributed by atoms with Gasteiger partial charge in [0.05, 0.1) is 12.1 Å². The molecule has 2 N–H and O–H groups in total. The number of benzene rings is 2. The summed E-state index contributed by atoms with van der Waals surface area (Å²) in [5.74, 6) is -2.59. The van der Waals surface area contributed by atoms with E-state index in [2.05, 4.69) is 10.6 Å². The first-order valence-corrected chi connectivity index (χ1v) is 6.84. The molecule has 5 nitrogen and oxygen atoms in total. The molecule has 23 heavy (non-hydrogen) atoms. The number of hydrogen-bond donors (Lipinski definition) is 2. The summed E-state index contributed by atoms with van der Waals surface area (Å²) in [6, 6.07) is 9.86. The van der Waals surface area contributed by atoms with E-state index in [4.69, 9.17) is 4.74 Å². The van der Waals surface area contributed by atoms with Gasteiger partial charge in [0.2, 0.25) is 5.91 Å². The fourth-order valence-corrected chi connectivity index (χ4v) is 2.18. The van der Waals surface area contributed by atoms with Crippen molar-refractivity contribution in [3.63, 3.8) is 0 Å². The second kappa shape index (κ2) is 6.04. The lowest BCUT2D eigenvalue weighted by Gasteiger charge is -2.25. The van der Waals surface area contributed by atoms with Gasteiger partial charge in [-0.1, -0.05) is 12.1 Å². The first kappa shape index (κ1) is 15.0. The van der Waals surface area contributed by atoms with Gasteiger partial charge in [0, 0.05) is 11.8 Å². The van der Waals surface area contributed by atoms with Crippen LogP contribution in [0, 0.1) is 11.6 Å². The van der Waals surface area contributed by atoms with Crippen LogP contribution >= 0.6 is 0 Å². The summed E-state index contributed by atoms with van der Waals surface area (Å²) in [5.41, 5.74) is 0.639. The van der Waals surface area contributed by atoms with Gasteiger partial charge in [-0.2, -0.15) is 0 Å². The van der Waals surface area contributed by atoms with E-state index in [1.807, 2.05) is 0 Å². The van der Waals surface area contributed by atoms with E-state index in [1.165, 1.54) is 6.07 Å². The third-order valence-corrected chi connectivity index (χ3v) is 3.28. The highest BCUT2D eigenvalue weighted by Crippen LogP contribution is 2.29. The van der Waals surface area contributed by atoms with E-state index >= 15 is 0 Å². The topological polar surface area (TPSA) is 67.4 Å². The van der Waals surface area contributed by atoms with Crippen LogP contribution in [-0.4, -0.2) is 17.9 Å². The zero-order valence-electron chi connectivity index (χ0n) is 11.8. The molecule has 1 heterocycles. The Morgan fingerprint density at radius 2 is 1.96 bits per heavy atom. The highest BCUT2D eigenvalue weighted by molar-refractivity contribution is 6.01. The zero-order chi connectivity index (χ0) is 16.4. The van der Waals surface area contributed by atoms with Crippen molar-refractivity contribution >= 4 is 23.2 Å². The van der Waals surface area contributed by atoms with Gasteiger partial charge in [-0.25, -0.2) is 8.78 Å². The normalized spacial score (nSPS) is 16.1. The average Bonchev–Trinajstić information content (AvgIpc) is 2.51. The van der Waals surface area contributed by atoms with E-state index in [0.717, 1.165) is 12.1 Å². The van der Waals surface area contributed by atoms with E-state index in [9.17, 15) is 18.4 Å². The van der Waals surface area contributed by atoms with Crippen molar-refractivity contribution in [3.05, 3.63) is 54.1 Å². The van der Waals surface area contributed by atoms with Gasteiger partial charge < -0.3 is 15.4 Å². The summed E-state index contributed by atoms with van der Waals surface area (Å²) < 4.78 is 31.4. The molecule has 0 aromatic heterocycles. The van der Waals surface area contributed by atoms with Crippen LogP contribution in [0.1, 0.15) is 6.42 Å². The molecule has 2 amide bonds. The number of anilines is 2. The van der Waals surface area contributed by atoms with Crippen LogP contribution in [0.5, 0.6) is 5.75 Å². The van der Waals surface area contributed by atoms with E-state index in [-0.39, 0.29) is 12.1 Å². The number of para-hydroxylation sites is 2. The minimum atomic E-state index is -1.07. The smallest absolute Gasteiger partial charge is 0.266 e. The maximum absolute atomic E-state index is 13.1. The van der Waals surface area contributed by atoms with Gasteiger partial charge in [-0.15, -0.1) is 0 Å². The Bertz CT molecular complexity index is 780. The lowest BCUT2D eigenvalue weighted by atomic mass is 10.1. The molecule has 0 saturated carbocycles. The predicted octanol–water partition coefficient (Wildman–Crippen LogP) is 2.69. The van der Waals surface area contributed by atoms with Crippen LogP contribution in [-0.2, 0) is 9.59 Å². The van der Waals surface area contributed by atoms with Crippen LogP contribution in [0.3, 0.4) is 0 Å². The maximum Gasteiger partial charge on any atom is 0.266 e. The first-order valence-electron chi connectivity index (χ1n) is 6.84. The van der Waals surface area contributed by atoms with Gasteiger partial charge in [0.1, 0.15) is 5.75 Å². The summed E-state index contributed by atoms with van der Waals surface area (Å²) in [6.45, 7) is 0. The Labute approximate surface area is 130 Å². The number of ether oxygens (including phenoxy) is 1. The average molecular weight is 318 g/mol. The molecule has 0 spiro atoms. The van der Waals surface area contributed by atoms with Crippen LogP contribution in [0.25, 0.3) is 0 Å². The quantitative estimate of drug-likeness (QED) is 0.914. The van der Waals surface area contributed by atoms with E-state index in [0.29, 0.717) is 11.4 Å². The third kappa shape index (κ3) is 3.28. The molecule has 2 aromatic rings. The molecular weight excluding hydrogens is 306 g/mol. The Morgan fingerprint density at radius 3 is 2.74 bits per heavy atom. The first-order chi connectivity index (χ1) is 11.0. The molecule has 2 aromatic carbocycles. The van der Waals surface area contributed by atoms with Crippen molar-refractivity contribution in [2.75, 3.05) is 10.6 Å². The highest BCUT2D eigenvalue weighted by Gasteiger charge is 2.29. The molecule has 0 fully saturated rings. The van der Waals surface area contributed by atoms with Gasteiger partial charge in [-0.05, 0) is 24.3 Å². The van der Waals surface area contributed by atoms with Crippen LogP contribution in [0.4, 0.5) is 20.2 Å². The molecule has 1 atom stereocenters. The molecule has 0 radical (unpaired) electrons. The lowest BCUT2D eigenvalue weighted by Crippen LogP contribution is -2.39. The predicted molar refractivity (Wildman–Crippen MR) is 79.1 cm³/mol. The molecular formula is C16H12F2N2O3. The van der Waals surface area contributed by atoms with Crippen LogP contribution < -0.4 is 15.4 Å². The Balaban J connectivity index is 1.66.